The van der Waals surface area contributed by atoms with Crippen LogP contribution >= 0.6 is 27.5 Å². The topological polar surface area (TPSA) is 26.3 Å². The van der Waals surface area contributed by atoms with Crippen molar-refractivity contribution in [1.82, 2.24) is 0 Å². The zero-order valence-corrected chi connectivity index (χ0v) is 14.8. The second-order valence-electron chi connectivity index (χ2n) is 5.25. The molecule has 0 spiro atoms. The first-order valence-corrected chi connectivity index (χ1v) is 8.29. The van der Waals surface area contributed by atoms with Crippen molar-refractivity contribution < 1.29 is 9.53 Å². The lowest BCUT2D eigenvalue weighted by Crippen LogP contribution is -2.03. The molecule has 1 aliphatic carbocycles. The number of carbonyl (C=O) groups is 1. The van der Waals surface area contributed by atoms with E-state index in [2.05, 4.69) is 15.9 Å². The maximum atomic E-state index is 12.2. The first-order valence-electron chi connectivity index (χ1n) is 7.12. The number of rotatable bonds is 3. The quantitative estimate of drug-likeness (QED) is 0.666. The summed E-state index contributed by atoms with van der Waals surface area (Å²) in [7, 11) is 1.41. The van der Waals surface area contributed by atoms with Crippen LogP contribution < -0.4 is 0 Å². The van der Waals surface area contributed by atoms with Gasteiger partial charge >= 0.3 is 5.97 Å². The largest absolute Gasteiger partial charge is 0.465 e. The molecule has 0 amide bonds. The van der Waals surface area contributed by atoms with Gasteiger partial charge in [-0.05, 0) is 52.9 Å². The highest BCUT2D eigenvalue weighted by Gasteiger charge is 2.26. The number of hydrogen-bond donors (Lipinski definition) is 0. The van der Waals surface area contributed by atoms with Gasteiger partial charge in [0.1, 0.15) is 0 Å². The molecule has 0 aliphatic heterocycles. The van der Waals surface area contributed by atoms with E-state index in [-0.39, 0.29) is 5.97 Å². The minimum absolute atomic E-state index is 0.304. The molecule has 0 bridgehead atoms. The van der Waals surface area contributed by atoms with E-state index in [4.69, 9.17) is 16.3 Å². The lowest BCUT2D eigenvalue weighted by molar-refractivity contribution is -0.133. The van der Waals surface area contributed by atoms with Crippen LogP contribution in [0.25, 0.3) is 11.6 Å². The summed E-state index contributed by atoms with van der Waals surface area (Å²) in [6, 6.07) is 13.5. The van der Waals surface area contributed by atoms with Gasteiger partial charge in [0.05, 0.1) is 12.7 Å². The average Bonchev–Trinajstić information content (AvgIpc) is 2.91. The van der Waals surface area contributed by atoms with E-state index in [0.29, 0.717) is 17.0 Å². The molecule has 0 saturated carbocycles. The van der Waals surface area contributed by atoms with E-state index in [1.807, 2.05) is 54.6 Å². The number of methoxy groups -OCH3 is 1. The Bertz CT molecular complexity index is 820. The van der Waals surface area contributed by atoms with Crippen molar-refractivity contribution in [3.8, 4) is 0 Å². The highest BCUT2D eigenvalue weighted by Crippen LogP contribution is 2.36. The Balaban J connectivity index is 1.98. The van der Waals surface area contributed by atoms with Gasteiger partial charge < -0.3 is 4.74 Å². The van der Waals surface area contributed by atoms with Gasteiger partial charge in [0.2, 0.25) is 0 Å². The number of ether oxygens (including phenoxy) is 1. The Labute approximate surface area is 148 Å². The summed E-state index contributed by atoms with van der Waals surface area (Å²) >= 11 is 9.38. The second-order valence-corrected chi connectivity index (χ2v) is 6.61. The zero-order valence-electron chi connectivity index (χ0n) is 12.5. The van der Waals surface area contributed by atoms with Gasteiger partial charge in [-0.3, -0.25) is 0 Å². The Hall–Kier alpha value is -1.84. The minimum Gasteiger partial charge on any atom is -0.465 e. The summed E-state index contributed by atoms with van der Waals surface area (Å²) in [6.07, 6.45) is 4.67. The van der Waals surface area contributed by atoms with Gasteiger partial charge in [-0.1, -0.05) is 57.9 Å². The van der Waals surface area contributed by atoms with Crippen LogP contribution in [0.3, 0.4) is 0 Å². The number of allylic oxidation sites excluding steroid dienone is 2. The molecule has 0 fully saturated rings. The number of halogens is 2. The number of fused-ring (bicyclic) bond motifs is 1. The number of hydrogen-bond acceptors (Lipinski definition) is 2. The minimum atomic E-state index is -0.304. The van der Waals surface area contributed by atoms with E-state index < -0.39 is 0 Å². The van der Waals surface area contributed by atoms with Crippen molar-refractivity contribution in [1.29, 1.82) is 0 Å². The van der Waals surface area contributed by atoms with Gasteiger partial charge in [0.25, 0.3) is 0 Å². The zero-order chi connectivity index (χ0) is 16.4. The standard InChI is InChI=1S/C19H14BrClO2/c1-23-19(22)18-13(5-2-12-3-7-16(21)8-4-12)10-14-11-15(20)6-9-17(14)18/h2-9,11H,10H2,1H3/b5-2+. The molecule has 2 aromatic carbocycles. The van der Waals surface area contributed by atoms with E-state index in [9.17, 15) is 4.79 Å². The van der Waals surface area contributed by atoms with Gasteiger partial charge in [-0.15, -0.1) is 0 Å². The van der Waals surface area contributed by atoms with Crippen LogP contribution in [0.15, 0.2) is 58.6 Å². The number of esters is 1. The predicted octanol–water partition coefficient (Wildman–Crippen LogP) is 5.30. The van der Waals surface area contributed by atoms with Crippen molar-refractivity contribution >= 4 is 45.1 Å². The van der Waals surface area contributed by atoms with Crippen LogP contribution in [-0.4, -0.2) is 13.1 Å². The summed E-state index contributed by atoms with van der Waals surface area (Å²) in [4.78, 5) is 12.2. The molecule has 0 aromatic heterocycles. The smallest absolute Gasteiger partial charge is 0.338 e. The van der Waals surface area contributed by atoms with Gasteiger partial charge in [-0.2, -0.15) is 0 Å². The van der Waals surface area contributed by atoms with Crippen LogP contribution in [0.1, 0.15) is 16.7 Å². The van der Waals surface area contributed by atoms with Crippen LogP contribution in [0.2, 0.25) is 5.02 Å². The summed E-state index contributed by atoms with van der Waals surface area (Å²) in [5, 5.41) is 0.703. The maximum Gasteiger partial charge on any atom is 0.338 e. The normalized spacial score (nSPS) is 13.5. The predicted molar refractivity (Wildman–Crippen MR) is 97.3 cm³/mol. The summed E-state index contributed by atoms with van der Waals surface area (Å²) in [5.41, 5.74) is 4.69. The maximum absolute atomic E-state index is 12.2. The molecule has 4 heteroatoms. The molecule has 0 unspecified atom stereocenters. The molecule has 2 aromatic rings. The molecule has 0 heterocycles. The third kappa shape index (κ3) is 3.41. The van der Waals surface area contributed by atoms with Crippen LogP contribution in [0.4, 0.5) is 0 Å². The monoisotopic (exact) mass is 388 g/mol. The first kappa shape index (κ1) is 16.0. The fraction of sp³-hybridized carbons (Fsp3) is 0.105. The fourth-order valence-electron chi connectivity index (χ4n) is 2.68. The van der Waals surface area contributed by atoms with Crippen molar-refractivity contribution in [2.45, 2.75) is 6.42 Å². The van der Waals surface area contributed by atoms with Gasteiger partial charge in [-0.25, -0.2) is 4.79 Å². The third-order valence-electron chi connectivity index (χ3n) is 3.78. The van der Waals surface area contributed by atoms with Crippen LogP contribution in [0, 0.1) is 0 Å². The van der Waals surface area contributed by atoms with E-state index in [0.717, 1.165) is 26.7 Å². The lowest BCUT2D eigenvalue weighted by Gasteiger charge is -2.04. The summed E-state index contributed by atoms with van der Waals surface area (Å²) < 4.78 is 5.96. The molecular formula is C19H14BrClO2. The fourth-order valence-corrected chi connectivity index (χ4v) is 3.21. The van der Waals surface area contributed by atoms with Crippen molar-refractivity contribution in [3.63, 3.8) is 0 Å². The van der Waals surface area contributed by atoms with Crippen molar-refractivity contribution in [3.05, 3.63) is 80.3 Å². The molecule has 0 N–H and O–H groups in total. The van der Waals surface area contributed by atoms with E-state index >= 15 is 0 Å². The van der Waals surface area contributed by atoms with Crippen molar-refractivity contribution in [2.24, 2.45) is 0 Å². The molecule has 1 aliphatic rings. The number of benzene rings is 2. The number of carbonyl (C=O) groups excluding carboxylic acids is 1. The highest BCUT2D eigenvalue weighted by molar-refractivity contribution is 9.10. The van der Waals surface area contributed by atoms with Crippen molar-refractivity contribution in [2.75, 3.05) is 7.11 Å². The van der Waals surface area contributed by atoms with E-state index in [1.165, 1.54) is 7.11 Å². The lowest BCUT2D eigenvalue weighted by atomic mass is 10.1. The van der Waals surface area contributed by atoms with Gasteiger partial charge in [0.15, 0.2) is 0 Å². The first-order chi connectivity index (χ1) is 11.1. The molecule has 0 atom stereocenters. The molecule has 0 radical (unpaired) electrons. The molecule has 116 valence electrons. The Morgan fingerprint density at radius 2 is 1.91 bits per heavy atom. The summed E-state index contributed by atoms with van der Waals surface area (Å²) in [5.74, 6) is -0.304. The molecule has 2 nitrogen and oxygen atoms in total. The Morgan fingerprint density at radius 3 is 2.61 bits per heavy atom. The highest BCUT2D eigenvalue weighted by atomic mass is 79.9. The third-order valence-corrected chi connectivity index (χ3v) is 4.52. The molecular weight excluding hydrogens is 376 g/mol. The SMILES string of the molecule is COC(=O)C1=C(/C=C/c2ccc(Cl)cc2)Cc2cc(Br)ccc21. The van der Waals surface area contributed by atoms with Crippen LogP contribution in [-0.2, 0) is 16.0 Å². The Morgan fingerprint density at radius 1 is 1.17 bits per heavy atom. The summed E-state index contributed by atoms with van der Waals surface area (Å²) in [6.45, 7) is 0. The van der Waals surface area contributed by atoms with Gasteiger partial charge in [0, 0.05) is 9.50 Å². The molecule has 3 rings (SSSR count). The van der Waals surface area contributed by atoms with E-state index in [1.54, 1.807) is 0 Å². The molecule has 23 heavy (non-hydrogen) atoms. The Kier molecular flexibility index (Phi) is 4.69. The van der Waals surface area contributed by atoms with Crippen LogP contribution in [0.5, 0.6) is 0 Å². The average molecular weight is 390 g/mol. The molecule has 0 saturated heterocycles. The second kappa shape index (κ2) is 6.73.